The van der Waals surface area contributed by atoms with Crippen molar-refractivity contribution in [3.8, 4) is 33.5 Å². The smallest absolute Gasteiger partial charge is 0.0701 e. The van der Waals surface area contributed by atoms with Gasteiger partial charge in [-0.1, -0.05) is 118 Å². The maximum Gasteiger partial charge on any atom is 0.0701 e. The lowest BCUT2D eigenvalue weighted by molar-refractivity contribution is 0.591. The molecule has 2 heterocycles. The van der Waals surface area contributed by atoms with Crippen LogP contribution in [0.4, 0.5) is 0 Å². The SMILES string of the molecule is CC(C)(C)c1cc2ccc3c(-c4ccc(C5=NCCC=C5)cc4)cc(-c4ccc(-c5ccccn5)cc4)c4ccc(c1)c2c34. The lowest BCUT2D eigenvalue weighted by atomic mass is 9.81. The van der Waals surface area contributed by atoms with E-state index >= 15 is 0 Å². The molecule has 0 saturated carbocycles. The molecule has 0 amide bonds. The van der Waals surface area contributed by atoms with Gasteiger partial charge in [-0.3, -0.25) is 9.98 Å². The molecule has 0 aliphatic carbocycles. The molecule has 44 heavy (non-hydrogen) atoms. The summed E-state index contributed by atoms with van der Waals surface area (Å²) in [6, 6.07) is 40.4. The van der Waals surface area contributed by atoms with E-state index in [4.69, 9.17) is 4.99 Å². The van der Waals surface area contributed by atoms with Crippen LogP contribution in [0.2, 0.25) is 0 Å². The van der Waals surface area contributed by atoms with Gasteiger partial charge in [-0.05, 0) is 102 Å². The van der Waals surface area contributed by atoms with E-state index in [1.807, 2.05) is 18.3 Å². The molecule has 1 aromatic heterocycles. The molecule has 6 aromatic carbocycles. The van der Waals surface area contributed by atoms with E-state index in [-0.39, 0.29) is 5.41 Å². The normalized spacial score (nSPS) is 13.7. The number of aromatic nitrogens is 1. The fourth-order valence-corrected chi connectivity index (χ4v) is 6.70. The largest absolute Gasteiger partial charge is 0.284 e. The van der Waals surface area contributed by atoms with E-state index in [0.29, 0.717) is 0 Å². The quantitative estimate of drug-likeness (QED) is 0.195. The summed E-state index contributed by atoms with van der Waals surface area (Å²) in [5.41, 5.74) is 10.7. The van der Waals surface area contributed by atoms with Gasteiger partial charge in [0.1, 0.15) is 0 Å². The molecule has 212 valence electrons. The average molecular weight is 567 g/mol. The van der Waals surface area contributed by atoms with E-state index in [9.17, 15) is 0 Å². The van der Waals surface area contributed by atoms with Crippen molar-refractivity contribution in [2.75, 3.05) is 6.54 Å². The predicted molar refractivity (Wildman–Crippen MR) is 188 cm³/mol. The first kappa shape index (κ1) is 26.5. The monoisotopic (exact) mass is 566 g/mol. The summed E-state index contributed by atoms with van der Waals surface area (Å²) in [5.74, 6) is 0. The lowest BCUT2D eigenvalue weighted by Gasteiger charge is -2.23. The second-order valence-corrected chi connectivity index (χ2v) is 12.9. The van der Waals surface area contributed by atoms with Crippen LogP contribution in [0.3, 0.4) is 0 Å². The molecule has 0 saturated heterocycles. The van der Waals surface area contributed by atoms with Crippen LogP contribution in [-0.2, 0) is 5.41 Å². The van der Waals surface area contributed by atoms with Crippen molar-refractivity contribution in [1.29, 1.82) is 0 Å². The van der Waals surface area contributed by atoms with Gasteiger partial charge in [0.25, 0.3) is 0 Å². The Hall–Kier alpha value is -5.08. The number of allylic oxidation sites excluding steroid dienone is 1. The Balaban J connectivity index is 1.37. The van der Waals surface area contributed by atoms with Crippen LogP contribution in [0, 0.1) is 0 Å². The van der Waals surface area contributed by atoms with Crippen molar-refractivity contribution < 1.29 is 0 Å². The number of benzene rings is 6. The molecular weight excluding hydrogens is 532 g/mol. The van der Waals surface area contributed by atoms with Crippen molar-refractivity contribution in [2.24, 2.45) is 4.99 Å². The summed E-state index contributed by atoms with van der Waals surface area (Å²) in [6.45, 7) is 7.75. The van der Waals surface area contributed by atoms with E-state index in [1.165, 1.54) is 65.7 Å². The molecule has 8 rings (SSSR count). The molecule has 0 bridgehead atoms. The lowest BCUT2D eigenvalue weighted by Crippen LogP contribution is -2.10. The van der Waals surface area contributed by atoms with Crippen molar-refractivity contribution in [3.63, 3.8) is 0 Å². The predicted octanol–water partition coefficient (Wildman–Crippen LogP) is 11.0. The van der Waals surface area contributed by atoms with Crippen molar-refractivity contribution in [2.45, 2.75) is 32.6 Å². The first-order chi connectivity index (χ1) is 21.4. The molecule has 2 heteroatoms. The number of hydrogen-bond donors (Lipinski definition) is 0. The van der Waals surface area contributed by atoms with Gasteiger partial charge >= 0.3 is 0 Å². The van der Waals surface area contributed by atoms with E-state index in [0.717, 1.165) is 29.9 Å². The average Bonchev–Trinajstić information content (AvgIpc) is 3.07. The Morgan fingerprint density at radius 3 is 1.75 bits per heavy atom. The Labute approximate surface area is 258 Å². The van der Waals surface area contributed by atoms with Crippen LogP contribution < -0.4 is 0 Å². The molecule has 1 aliphatic heterocycles. The van der Waals surface area contributed by atoms with Gasteiger partial charge in [0.05, 0.1) is 11.4 Å². The summed E-state index contributed by atoms with van der Waals surface area (Å²) >= 11 is 0. The molecule has 0 unspecified atom stereocenters. The van der Waals surface area contributed by atoms with Crippen molar-refractivity contribution >= 4 is 38.0 Å². The van der Waals surface area contributed by atoms with Gasteiger partial charge in [0, 0.05) is 18.3 Å². The Bertz CT molecular complexity index is 2190. The summed E-state index contributed by atoms with van der Waals surface area (Å²) in [4.78, 5) is 9.30. The number of aliphatic imine (C=N–C) groups is 1. The highest BCUT2D eigenvalue weighted by Crippen LogP contribution is 2.45. The maximum absolute atomic E-state index is 4.74. The molecule has 1 aliphatic rings. The molecule has 2 nitrogen and oxygen atoms in total. The molecule has 0 spiro atoms. The topological polar surface area (TPSA) is 25.2 Å². The number of nitrogens with zero attached hydrogens (tertiary/aromatic N) is 2. The van der Waals surface area contributed by atoms with Gasteiger partial charge in [0.15, 0.2) is 0 Å². The highest BCUT2D eigenvalue weighted by molar-refractivity contribution is 6.28. The minimum absolute atomic E-state index is 0.0791. The highest BCUT2D eigenvalue weighted by atomic mass is 14.7. The van der Waals surface area contributed by atoms with Gasteiger partial charge < -0.3 is 0 Å². The standard InChI is InChI=1S/C42H34N2/c1-42(2,3)33-24-31-18-20-34-36(27-10-14-29(15-11-27)38-8-4-6-22-43-38)26-37(35-21-19-32(25-33)40(31)41(34)35)28-12-16-30(17-13-28)39-9-5-7-23-44-39/h4-6,8-22,24-26H,7,23H2,1-3H3. The second-order valence-electron chi connectivity index (χ2n) is 12.9. The summed E-state index contributed by atoms with van der Waals surface area (Å²) in [5, 5.41) is 7.87. The third-order valence-electron chi connectivity index (χ3n) is 9.08. The number of dihydropyridines is 1. The van der Waals surface area contributed by atoms with Crippen molar-refractivity contribution in [1.82, 2.24) is 4.98 Å². The Morgan fingerprint density at radius 1 is 0.591 bits per heavy atom. The maximum atomic E-state index is 4.74. The third-order valence-corrected chi connectivity index (χ3v) is 9.08. The minimum Gasteiger partial charge on any atom is -0.284 e. The fourth-order valence-electron chi connectivity index (χ4n) is 6.70. The Morgan fingerprint density at radius 2 is 1.20 bits per heavy atom. The summed E-state index contributed by atoms with van der Waals surface area (Å²) < 4.78 is 0. The highest BCUT2D eigenvalue weighted by Gasteiger charge is 2.20. The van der Waals surface area contributed by atoms with Gasteiger partial charge in [0.2, 0.25) is 0 Å². The van der Waals surface area contributed by atoms with Crippen LogP contribution in [0.5, 0.6) is 0 Å². The van der Waals surface area contributed by atoms with Crippen molar-refractivity contribution in [3.05, 3.63) is 139 Å². The fraction of sp³-hybridized carbons (Fsp3) is 0.143. The molecule has 7 aromatic rings. The summed E-state index contributed by atoms with van der Waals surface area (Å²) in [7, 11) is 0. The first-order valence-corrected chi connectivity index (χ1v) is 15.5. The molecule has 0 N–H and O–H groups in total. The van der Waals surface area contributed by atoms with Crippen LogP contribution in [0.25, 0.3) is 65.8 Å². The first-order valence-electron chi connectivity index (χ1n) is 15.5. The van der Waals surface area contributed by atoms with Crippen LogP contribution in [0.15, 0.2) is 133 Å². The Kier molecular flexibility index (Phi) is 6.20. The number of pyridine rings is 1. The third kappa shape index (κ3) is 4.50. The van der Waals surface area contributed by atoms with E-state index in [1.54, 1.807) is 0 Å². The van der Waals surface area contributed by atoms with E-state index < -0.39 is 0 Å². The number of hydrogen-bond acceptors (Lipinski definition) is 2. The molecule has 0 atom stereocenters. The van der Waals surface area contributed by atoms with E-state index in [2.05, 4.69) is 135 Å². The zero-order chi connectivity index (χ0) is 29.8. The molecular formula is C42H34N2. The van der Waals surface area contributed by atoms with Crippen LogP contribution in [-0.4, -0.2) is 17.2 Å². The van der Waals surface area contributed by atoms with Gasteiger partial charge in [-0.25, -0.2) is 0 Å². The van der Waals surface area contributed by atoms with Gasteiger partial charge in [-0.15, -0.1) is 0 Å². The molecule has 0 fully saturated rings. The van der Waals surface area contributed by atoms with Crippen LogP contribution in [0.1, 0.15) is 38.3 Å². The molecule has 0 radical (unpaired) electrons. The van der Waals surface area contributed by atoms with Gasteiger partial charge in [-0.2, -0.15) is 0 Å². The summed E-state index contributed by atoms with van der Waals surface area (Å²) in [6.07, 6.45) is 7.23. The zero-order valence-corrected chi connectivity index (χ0v) is 25.4. The number of rotatable bonds is 4. The van der Waals surface area contributed by atoms with Crippen LogP contribution >= 0.6 is 0 Å². The second kappa shape index (κ2) is 10.3. The minimum atomic E-state index is 0.0791. The zero-order valence-electron chi connectivity index (χ0n) is 25.4.